The molecule has 1 aliphatic rings. The zero-order valence-corrected chi connectivity index (χ0v) is 12.4. The van der Waals surface area contributed by atoms with Crippen LogP contribution in [0.5, 0.6) is 0 Å². The van der Waals surface area contributed by atoms with Crippen LogP contribution in [0.3, 0.4) is 0 Å². The predicted octanol–water partition coefficient (Wildman–Crippen LogP) is 1.22. The van der Waals surface area contributed by atoms with Crippen molar-refractivity contribution in [2.75, 3.05) is 6.61 Å². The molecule has 0 bridgehead atoms. The van der Waals surface area contributed by atoms with Crippen LogP contribution in [0.1, 0.15) is 38.8 Å². The van der Waals surface area contributed by atoms with Gasteiger partial charge in [0.2, 0.25) is 0 Å². The number of aliphatic hydroxyl groups excluding tert-OH is 1. The lowest BCUT2D eigenvalue weighted by Crippen LogP contribution is -2.41. The molecule has 1 aliphatic heterocycles. The van der Waals surface area contributed by atoms with Gasteiger partial charge in [0, 0.05) is 12.8 Å². The van der Waals surface area contributed by atoms with Crippen LogP contribution < -0.4 is 5.59 Å². The SMILES string of the molecule is Cc1cc(B2OC(C)(C)C(C)(C)O2)ncc1CCO. The van der Waals surface area contributed by atoms with E-state index in [1.54, 1.807) is 6.20 Å². The lowest BCUT2D eigenvalue weighted by molar-refractivity contribution is 0.00578. The first kappa shape index (κ1) is 14.5. The van der Waals surface area contributed by atoms with Crippen molar-refractivity contribution in [3.8, 4) is 0 Å². The van der Waals surface area contributed by atoms with E-state index in [1.165, 1.54) is 0 Å². The van der Waals surface area contributed by atoms with Gasteiger partial charge < -0.3 is 14.4 Å². The Balaban J connectivity index is 2.23. The molecule has 0 saturated carbocycles. The van der Waals surface area contributed by atoms with E-state index in [4.69, 9.17) is 14.4 Å². The molecule has 1 N–H and O–H groups in total. The van der Waals surface area contributed by atoms with Crippen LogP contribution in [0.4, 0.5) is 0 Å². The van der Waals surface area contributed by atoms with Crippen LogP contribution in [0, 0.1) is 6.92 Å². The third-order valence-electron chi connectivity index (χ3n) is 4.12. The summed E-state index contributed by atoms with van der Waals surface area (Å²) in [4.78, 5) is 4.41. The molecule has 0 aliphatic carbocycles. The van der Waals surface area contributed by atoms with Gasteiger partial charge in [-0.3, -0.25) is 4.98 Å². The van der Waals surface area contributed by atoms with Crippen molar-refractivity contribution >= 4 is 12.7 Å². The third kappa shape index (κ3) is 2.68. The zero-order valence-electron chi connectivity index (χ0n) is 12.4. The number of nitrogens with zero attached hydrogens (tertiary/aromatic N) is 1. The highest BCUT2D eigenvalue weighted by Crippen LogP contribution is 2.36. The fourth-order valence-corrected chi connectivity index (χ4v) is 2.08. The molecule has 0 spiro atoms. The first-order chi connectivity index (χ1) is 8.77. The summed E-state index contributed by atoms with van der Waals surface area (Å²) in [6, 6.07) is 1.98. The summed E-state index contributed by atoms with van der Waals surface area (Å²) in [5, 5.41) is 8.99. The van der Waals surface area contributed by atoms with E-state index >= 15 is 0 Å². The van der Waals surface area contributed by atoms with Gasteiger partial charge in [-0.15, -0.1) is 0 Å². The molecule has 1 aromatic heterocycles. The Morgan fingerprint density at radius 1 is 1.21 bits per heavy atom. The maximum Gasteiger partial charge on any atom is 0.514 e. The van der Waals surface area contributed by atoms with Crippen molar-refractivity contribution in [3.05, 3.63) is 23.4 Å². The monoisotopic (exact) mass is 263 g/mol. The van der Waals surface area contributed by atoms with Crippen LogP contribution in [0.25, 0.3) is 0 Å². The van der Waals surface area contributed by atoms with Crippen molar-refractivity contribution in [3.63, 3.8) is 0 Å². The first-order valence-corrected chi connectivity index (χ1v) is 6.69. The van der Waals surface area contributed by atoms with Gasteiger partial charge >= 0.3 is 7.12 Å². The Hall–Kier alpha value is -0.905. The normalized spacial score (nSPS) is 20.8. The van der Waals surface area contributed by atoms with Crippen LogP contribution in [-0.4, -0.2) is 35.0 Å². The minimum Gasteiger partial charge on any atom is -0.398 e. The summed E-state index contributed by atoms with van der Waals surface area (Å²) in [6.45, 7) is 10.3. The summed E-state index contributed by atoms with van der Waals surface area (Å²) in [5.41, 5.74) is 2.25. The van der Waals surface area contributed by atoms with Gasteiger partial charge in [-0.05, 0) is 58.2 Å². The van der Waals surface area contributed by atoms with E-state index in [0.29, 0.717) is 6.42 Å². The molecule has 0 amide bonds. The minimum atomic E-state index is -0.424. The molecule has 0 unspecified atom stereocenters. The third-order valence-corrected chi connectivity index (χ3v) is 4.12. The lowest BCUT2D eigenvalue weighted by Gasteiger charge is -2.32. The Morgan fingerprint density at radius 3 is 2.26 bits per heavy atom. The van der Waals surface area contributed by atoms with Gasteiger partial charge in [0.15, 0.2) is 0 Å². The van der Waals surface area contributed by atoms with Crippen LogP contribution in [0.15, 0.2) is 12.3 Å². The molecule has 2 rings (SSSR count). The molecular weight excluding hydrogens is 241 g/mol. The molecule has 2 heterocycles. The molecule has 1 fully saturated rings. The Labute approximate surface area is 115 Å². The standard InChI is InChI=1S/C14H22BNO3/c1-10-8-12(16-9-11(10)6-7-17)15-18-13(2,3)14(4,5)19-15/h8-9,17H,6-7H2,1-5H3. The second-order valence-electron chi connectivity index (χ2n) is 6.10. The second-order valence-corrected chi connectivity index (χ2v) is 6.10. The summed E-state index contributed by atoms with van der Waals surface area (Å²) >= 11 is 0. The summed E-state index contributed by atoms with van der Waals surface area (Å²) in [6.07, 6.45) is 2.43. The number of rotatable bonds is 3. The number of aromatic nitrogens is 1. The highest BCUT2D eigenvalue weighted by molar-refractivity contribution is 6.61. The Bertz CT molecular complexity index is 458. The molecule has 104 valence electrons. The fraction of sp³-hybridized carbons (Fsp3) is 0.643. The van der Waals surface area contributed by atoms with E-state index in [-0.39, 0.29) is 17.8 Å². The van der Waals surface area contributed by atoms with Gasteiger partial charge in [0.05, 0.1) is 16.8 Å². The van der Waals surface area contributed by atoms with Crippen molar-refractivity contribution in [1.82, 2.24) is 4.98 Å². The van der Waals surface area contributed by atoms with Crippen molar-refractivity contribution in [2.45, 2.75) is 52.2 Å². The number of aliphatic hydroxyl groups is 1. The van der Waals surface area contributed by atoms with Gasteiger partial charge in [0.1, 0.15) is 0 Å². The molecule has 1 aromatic rings. The minimum absolute atomic E-state index is 0.137. The number of hydrogen-bond acceptors (Lipinski definition) is 4. The molecule has 4 nitrogen and oxygen atoms in total. The van der Waals surface area contributed by atoms with Gasteiger partial charge in [0.25, 0.3) is 0 Å². The first-order valence-electron chi connectivity index (χ1n) is 6.69. The van der Waals surface area contributed by atoms with E-state index in [2.05, 4.69) is 4.98 Å². The number of pyridine rings is 1. The molecule has 5 heteroatoms. The summed E-state index contributed by atoms with van der Waals surface area (Å²) in [5.74, 6) is 0. The average molecular weight is 263 g/mol. The van der Waals surface area contributed by atoms with Gasteiger partial charge in [-0.2, -0.15) is 0 Å². The lowest BCUT2D eigenvalue weighted by atomic mass is 9.83. The Kier molecular flexibility index (Phi) is 3.73. The molecule has 19 heavy (non-hydrogen) atoms. The van der Waals surface area contributed by atoms with Crippen molar-refractivity contribution in [1.29, 1.82) is 0 Å². The molecule has 0 aromatic carbocycles. The van der Waals surface area contributed by atoms with Crippen LogP contribution in [0.2, 0.25) is 0 Å². The molecular formula is C14H22BNO3. The van der Waals surface area contributed by atoms with Crippen LogP contribution >= 0.6 is 0 Å². The maximum absolute atomic E-state index is 8.99. The van der Waals surface area contributed by atoms with Crippen molar-refractivity contribution < 1.29 is 14.4 Å². The smallest absolute Gasteiger partial charge is 0.398 e. The van der Waals surface area contributed by atoms with E-state index in [0.717, 1.165) is 16.7 Å². The topological polar surface area (TPSA) is 51.6 Å². The summed E-state index contributed by atoms with van der Waals surface area (Å²) in [7, 11) is -0.424. The van der Waals surface area contributed by atoms with Gasteiger partial charge in [-0.1, -0.05) is 0 Å². The second kappa shape index (κ2) is 4.89. The average Bonchev–Trinajstić information content (AvgIpc) is 2.51. The highest BCUT2D eigenvalue weighted by atomic mass is 16.7. The van der Waals surface area contributed by atoms with E-state index in [1.807, 2.05) is 40.7 Å². The molecule has 0 atom stereocenters. The molecule has 0 radical (unpaired) electrons. The van der Waals surface area contributed by atoms with Crippen molar-refractivity contribution in [2.24, 2.45) is 0 Å². The quantitative estimate of drug-likeness (QED) is 0.833. The molecule has 1 saturated heterocycles. The predicted molar refractivity (Wildman–Crippen MR) is 75.5 cm³/mol. The number of aryl methyl sites for hydroxylation is 1. The largest absolute Gasteiger partial charge is 0.514 e. The van der Waals surface area contributed by atoms with Gasteiger partial charge in [-0.25, -0.2) is 0 Å². The summed E-state index contributed by atoms with van der Waals surface area (Å²) < 4.78 is 11.9. The van der Waals surface area contributed by atoms with E-state index in [9.17, 15) is 0 Å². The van der Waals surface area contributed by atoms with Crippen LogP contribution in [-0.2, 0) is 15.7 Å². The zero-order chi connectivity index (χ0) is 14.3. The Morgan fingerprint density at radius 2 is 1.79 bits per heavy atom. The highest BCUT2D eigenvalue weighted by Gasteiger charge is 2.52. The number of hydrogen-bond donors (Lipinski definition) is 1. The van der Waals surface area contributed by atoms with E-state index < -0.39 is 7.12 Å². The maximum atomic E-state index is 8.99. The fourth-order valence-electron chi connectivity index (χ4n) is 2.08.